The number of amides is 1. The summed E-state index contributed by atoms with van der Waals surface area (Å²) in [5.74, 6) is 0.682. The van der Waals surface area contributed by atoms with E-state index in [-0.39, 0.29) is 11.7 Å². The zero-order chi connectivity index (χ0) is 14.4. The number of hydrogen-bond donors (Lipinski definition) is 2. The fraction of sp³-hybridized carbons (Fsp3) is 0.286. The van der Waals surface area contributed by atoms with Crippen LogP contribution in [0.1, 0.15) is 19.0 Å². The van der Waals surface area contributed by atoms with Crippen molar-refractivity contribution in [3.05, 3.63) is 41.8 Å². The third-order valence-electron chi connectivity index (χ3n) is 2.70. The molecule has 1 aromatic heterocycles. The number of benzene rings is 1. The van der Waals surface area contributed by atoms with Crippen molar-refractivity contribution in [3.63, 3.8) is 0 Å². The second-order valence-electron chi connectivity index (χ2n) is 4.21. The molecular formula is C14H16FN3OS. The smallest absolute Gasteiger partial charge is 0.226 e. The molecule has 0 unspecified atom stereocenters. The van der Waals surface area contributed by atoms with Crippen molar-refractivity contribution in [2.45, 2.75) is 24.7 Å². The van der Waals surface area contributed by atoms with Crippen molar-refractivity contribution in [1.82, 2.24) is 10.2 Å². The number of carbonyl (C=O) groups excluding carboxylic acids is 1. The van der Waals surface area contributed by atoms with Gasteiger partial charge in [0.25, 0.3) is 0 Å². The van der Waals surface area contributed by atoms with Crippen LogP contribution in [0.2, 0.25) is 0 Å². The van der Waals surface area contributed by atoms with E-state index in [1.165, 1.54) is 17.8 Å². The number of halogens is 1. The second kappa shape index (κ2) is 7.09. The SMILES string of the molecule is CCc1cc(NC(=O)CCSc2ccccc2F)n[nH]1. The molecular weight excluding hydrogens is 277 g/mol. The van der Waals surface area contributed by atoms with Crippen LogP contribution in [0.15, 0.2) is 35.2 Å². The Balaban J connectivity index is 1.77. The van der Waals surface area contributed by atoms with Gasteiger partial charge in [-0.3, -0.25) is 9.89 Å². The molecule has 1 heterocycles. The third kappa shape index (κ3) is 4.09. The Morgan fingerprint density at radius 1 is 1.45 bits per heavy atom. The summed E-state index contributed by atoms with van der Waals surface area (Å²) >= 11 is 1.33. The summed E-state index contributed by atoms with van der Waals surface area (Å²) < 4.78 is 13.4. The van der Waals surface area contributed by atoms with E-state index in [2.05, 4.69) is 15.5 Å². The normalized spacial score (nSPS) is 10.5. The molecule has 1 aromatic carbocycles. The number of nitrogens with one attached hydrogen (secondary N) is 2. The van der Waals surface area contributed by atoms with Crippen molar-refractivity contribution in [2.75, 3.05) is 11.1 Å². The lowest BCUT2D eigenvalue weighted by atomic mass is 10.3. The number of aryl methyl sites for hydroxylation is 1. The fourth-order valence-electron chi connectivity index (χ4n) is 1.63. The average Bonchev–Trinajstić information content (AvgIpc) is 2.88. The van der Waals surface area contributed by atoms with Gasteiger partial charge in [0.05, 0.1) is 0 Å². The van der Waals surface area contributed by atoms with Gasteiger partial charge in [0.15, 0.2) is 5.82 Å². The minimum Gasteiger partial charge on any atom is -0.309 e. The third-order valence-corrected chi connectivity index (χ3v) is 3.75. The molecule has 0 bridgehead atoms. The van der Waals surface area contributed by atoms with E-state index in [4.69, 9.17) is 0 Å². The molecule has 0 aliphatic carbocycles. The van der Waals surface area contributed by atoms with Crippen LogP contribution in [0, 0.1) is 5.82 Å². The van der Waals surface area contributed by atoms with Crippen molar-refractivity contribution in [1.29, 1.82) is 0 Å². The minimum absolute atomic E-state index is 0.122. The monoisotopic (exact) mass is 293 g/mol. The summed E-state index contributed by atoms with van der Waals surface area (Å²) in [5, 5.41) is 9.52. The summed E-state index contributed by atoms with van der Waals surface area (Å²) in [6.07, 6.45) is 1.15. The predicted octanol–water partition coefficient (Wildman–Crippen LogP) is 3.23. The van der Waals surface area contributed by atoms with E-state index >= 15 is 0 Å². The van der Waals surface area contributed by atoms with Crippen LogP contribution in [0.5, 0.6) is 0 Å². The molecule has 0 spiro atoms. The van der Waals surface area contributed by atoms with E-state index in [1.807, 2.05) is 13.0 Å². The molecule has 0 fully saturated rings. The van der Waals surface area contributed by atoms with Crippen molar-refractivity contribution in [3.8, 4) is 0 Å². The maximum absolute atomic E-state index is 13.4. The number of thioether (sulfide) groups is 1. The number of aromatic nitrogens is 2. The van der Waals surface area contributed by atoms with Crippen LogP contribution in [0.4, 0.5) is 10.2 Å². The molecule has 0 saturated carbocycles. The van der Waals surface area contributed by atoms with Crippen LogP contribution in [-0.4, -0.2) is 21.9 Å². The molecule has 106 valence electrons. The van der Waals surface area contributed by atoms with Gasteiger partial charge < -0.3 is 5.32 Å². The molecule has 0 atom stereocenters. The van der Waals surface area contributed by atoms with Gasteiger partial charge in [-0.05, 0) is 18.6 Å². The number of rotatable bonds is 6. The largest absolute Gasteiger partial charge is 0.309 e. The predicted molar refractivity (Wildman–Crippen MR) is 78.3 cm³/mol. The molecule has 4 nitrogen and oxygen atoms in total. The zero-order valence-electron chi connectivity index (χ0n) is 11.1. The highest BCUT2D eigenvalue weighted by Gasteiger charge is 2.07. The highest BCUT2D eigenvalue weighted by Crippen LogP contribution is 2.21. The van der Waals surface area contributed by atoms with Crippen molar-refractivity contribution in [2.24, 2.45) is 0 Å². The maximum atomic E-state index is 13.4. The van der Waals surface area contributed by atoms with E-state index in [9.17, 15) is 9.18 Å². The van der Waals surface area contributed by atoms with E-state index in [1.54, 1.807) is 18.2 Å². The Kier molecular flexibility index (Phi) is 5.17. The van der Waals surface area contributed by atoms with Crippen LogP contribution < -0.4 is 5.32 Å². The maximum Gasteiger partial charge on any atom is 0.226 e. The van der Waals surface area contributed by atoms with Gasteiger partial charge in [-0.25, -0.2) is 4.39 Å². The minimum atomic E-state index is -0.252. The fourth-order valence-corrected chi connectivity index (χ4v) is 2.52. The lowest BCUT2D eigenvalue weighted by Crippen LogP contribution is -2.12. The average molecular weight is 293 g/mol. The number of anilines is 1. The second-order valence-corrected chi connectivity index (χ2v) is 5.35. The molecule has 2 aromatic rings. The van der Waals surface area contributed by atoms with Gasteiger partial charge in [0.2, 0.25) is 5.91 Å². The van der Waals surface area contributed by atoms with Crippen LogP contribution in [0.25, 0.3) is 0 Å². The number of aromatic amines is 1. The van der Waals surface area contributed by atoms with Crippen LogP contribution in [-0.2, 0) is 11.2 Å². The van der Waals surface area contributed by atoms with Crippen LogP contribution in [0.3, 0.4) is 0 Å². The Morgan fingerprint density at radius 3 is 2.95 bits per heavy atom. The number of hydrogen-bond acceptors (Lipinski definition) is 3. The molecule has 2 N–H and O–H groups in total. The Hall–Kier alpha value is -1.82. The first kappa shape index (κ1) is 14.6. The lowest BCUT2D eigenvalue weighted by Gasteiger charge is -2.03. The van der Waals surface area contributed by atoms with E-state index < -0.39 is 0 Å². The van der Waals surface area contributed by atoms with Gasteiger partial charge in [0, 0.05) is 28.8 Å². The molecule has 6 heteroatoms. The lowest BCUT2D eigenvalue weighted by molar-refractivity contribution is -0.115. The molecule has 0 aliphatic heterocycles. The van der Waals surface area contributed by atoms with Gasteiger partial charge in [-0.1, -0.05) is 19.1 Å². The Morgan fingerprint density at radius 2 is 2.25 bits per heavy atom. The molecule has 20 heavy (non-hydrogen) atoms. The van der Waals surface area contributed by atoms with E-state index in [0.29, 0.717) is 22.9 Å². The van der Waals surface area contributed by atoms with Gasteiger partial charge in [-0.2, -0.15) is 5.10 Å². The van der Waals surface area contributed by atoms with Gasteiger partial charge >= 0.3 is 0 Å². The van der Waals surface area contributed by atoms with Crippen molar-refractivity contribution < 1.29 is 9.18 Å². The molecule has 0 aliphatic rings. The molecule has 2 rings (SSSR count). The molecule has 1 amide bonds. The summed E-state index contributed by atoms with van der Waals surface area (Å²) in [6.45, 7) is 2.00. The summed E-state index contributed by atoms with van der Waals surface area (Å²) in [5.41, 5.74) is 0.973. The topological polar surface area (TPSA) is 57.8 Å². The first-order valence-corrected chi connectivity index (χ1v) is 7.39. The highest BCUT2D eigenvalue weighted by atomic mass is 32.2. The van der Waals surface area contributed by atoms with E-state index in [0.717, 1.165) is 12.1 Å². The van der Waals surface area contributed by atoms with Gasteiger partial charge in [-0.15, -0.1) is 11.8 Å². The number of nitrogens with zero attached hydrogens (tertiary/aromatic N) is 1. The van der Waals surface area contributed by atoms with Crippen LogP contribution >= 0.6 is 11.8 Å². The number of H-pyrrole nitrogens is 1. The number of carbonyl (C=O) groups is 1. The summed E-state index contributed by atoms with van der Waals surface area (Å²) in [7, 11) is 0. The Bertz CT molecular complexity index is 585. The zero-order valence-corrected chi connectivity index (χ0v) is 12.0. The quantitative estimate of drug-likeness (QED) is 0.804. The summed E-state index contributed by atoms with van der Waals surface area (Å²) in [4.78, 5) is 12.3. The molecule has 0 saturated heterocycles. The first-order valence-electron chi connectivity index (χ1n) is 6.40. The first-order chi connectivity index (χ1) is 9.69. The van der Waals surface area contributed by atoms with Crippen molar-refractivity contribution >= 4 is 23.5 Å². The van der Waals surface area contributed by atoms with Gasteiger partial charge in [0.1, 0.15) is 5.82 Å². The Labute approximate surface area is 121 Å². The highest BCUT2D eigenvalue weighted by molar-refractivity contribution is 7.99. The standard InChI is InChI=1S/C14H16FN3OS/c1-2-10-9-13(18-17-10)16-14(19)7-8-20-12-6-4-3-5-11(12)15/h3-6,9H,2,7-8H2,1H3,(H2,16,17,18,19). The molecule has 0 radical (unpaired) electrons. The summed E-state index contributed by atoms with van der Waals surface area (Å²) in [6, 6.07) is 8.36.